The Kier molecular flexibility index (Phi) is 3.71. The van der Waals surface area contributed by atoms with E-state index in [1.165, 1.54) is 25.7 Å². The van der Waals surface area contributed by atoms with Crippen LogP contribution in [-0.4, -0.2) is 30.3 Å². The normalized spacial score (nSPS) is 28.8. The van der Waals surface area contributed by atoms with Gasteiger partial charge in [-0.25, -0.2) is 4.98 Å². The Morgan fingerprint density at radius 3 is 2.95 bits per heavy atom. The third kappa shape index (κ3) is 2.60. The number of ether oxygens (including phenoxy) is 1. The molecule has 0 spiro atoms. The van der Waals surface area contributed by atoms with Crippen molar-refractivity contribution in [1.82, 2.24) is 4.98 Å². The second-order valence-electron chi connectivity index (χ2n) is 5.69. The highest BCUT2D eigenvalue weighted by atomic mass is 16.5. The molecule has 1 aromatic rings. The van der Waals surface area contributed by atoms with Gasteiger partial charge in [0.25, 0.3) is 0 Å². The van der Waals surface area contributed by atoms with Crippen molar-refractivity contribution in [2.45, 2.75) is 50.8 Å². The molecule has 2 N–H and O–H groups in total. The van der Waals surface area contributed by atoms with Gasteiger partial charge in [-0.2, -0.15) is 0 Å². The van der Waals surface area contributed by atoms with E-state index in [0.717, 1.165) is 24.5 Å². The fraction of sp³-hybridized carbons (Fsp3) is 0.667. The Morgan fingerprint density at radius 2 is 2.21 bits per heavy atom. The van der Waals surface area contributed by atoms with Gasteiger partial charge in [0.2, 0.25) is 0 Å². The molecular formula is C15H23N3O. The highest BCUT2D eigenvalue weighted by Gasteiger charge is 2.34. The van der Waals surface area contributed by atoms with E-state index >= 15 is 0 Å². The molecule has 3 atom stereocenters. The van der Waals surface area contributed by atoms with Gasteiger partial charge in [-0.15, -0.1) is 0 Å². The van der Waals surface area contributed by atoms with Crippen LogP contribution < -0.4 is 10.6 Å². The standard InChI is InChI=1S/C15H23N3O/c1-11(16)12-6-7-15(17-10-12)18-8-9-19-14-5-3-2-4-13(14)18/h6-7,10-11,13-14H,2-5,8-9,16H2,1H3. The molecule has 2 fully saturated rings. The quantitative estimate of drug-likeness (QED) is 0.887. The average Bonchev–Trinajstić information content (AvgIpc) is 2.47. The first kappa shape index (κ1) is 12.9. The SMILES string of the molecule is CC(N)c1ccc(N2CCOC3CCCCC32)nc1. The maximum absolute atomic E-state index is 5.91. The lowest BCUT2D eigenvalue weighted by molar-refractivity contribution is -0.00898. The van der Waals surface area contributed by atoms with Gasteiger partial charge in [-0.1, -0.05) is 18.9 Å². The van der Waals surface area contributed by atoms with Crippen molar-refractivity contribution >= 4 is 5.82 Å². The molecule has 0 aromatic carbocycles. The van der Waals surface area contributed by atoms with Gasteiger partial charge in [0.1, 0.15) is 5.82 Å². The number of anilines is 1. The van der Waals surface area contributed by atoms with E-state index in [1.807, 2.05) is 13.1 Å². The fourth-order valence-corrected chi connectivity index (χ4v) is 3.22. The number of rotatable bonds is 2. The molecular weight excluding hydrogens is 238 g/mol. The van der Waals surface area contributed by atoms with Crippen LogP contribution in [0.3, 0.4) is 0 Å². The maximum Gasteiger partial charge on any atom is 0.128 e. The van der Waals surface area contributed by atoms with Crippen molar-refractivity contribution in [2.75, 3.05) is 18.1 Å². The van der Waals surface area contributed by atoms with E-state index in [0.29, 0.717) is 12.1 Å². The maximum atomic E-state index is 5.91. The summed E-state index contributed by atoms with van der Waals surface area (Å²) in [6, 6.07) is 4.76. The topological polar surface area (TPSA) is 51.4 Å². The van der Waals surface area contributed by atoms with E-state index in [-0.39, 0.29) is 6.04 Å². The Morgan fingerprint density at radius 1 is 1.37 bits per heavy atom. The fourth-order valence-electron chi connectivity index (χ4n) is 3.22. The van der Waals surface area contributed by atoms with Gasteiger partial charge in [0.15, 0.2) is 0 Å². The van der Waals surface area contributed by atoms with E-state index in [4.69, 9.17) is 10.5 Å². The van der Waals surface area contributed by atoms with Crippen LogP contribution in [0.5, 0.6) is 0 Å². The Labute approximate surface area is 115 Å². The van der Waals surface area contributed by atoms with Crippen LogP contribution in [-0.2, 0) is 4.74 Å². The first-order valence-electron chi connectivity index (χ1n) is 7.35. The highest BCUT2D eigenvalue weighted by Crippen LogP contribution is 2.31. The number of hydrogen-bond acceptors (Lipinski definition) is 4. The predicted octanol–water partition coefficient (Wildman–Crippen LogP) is 2.25. The second-order valence-corrected chi connectivity index (χ2v) is 5.69. The number of aromatic nitrogens is 1. The predicted molar refractivity (Wildman–Crippen MR) is 76.2 cm³/mol. The van der Waals surface area contributed by atoms with Crippen LogP contribution in [0.1, 0.15) is 44.2 Å². The summed E-state index contributed by atoms with van der Waals surface area (Å²) in [5.41, 5.74) is 6.97. The summed E-state index contributed by atoms with van der Waals surface area (Å²) in [5.74, 6) is 1.07. The minimum absolute atomic E-state index is 0.0497. The zero-order chi connectivity index (χ0) is 13.2. The summed E-state index contributed by atoms with van der Waals surface area (Å²) in [5, 5.41) is 0. The van der Waals surface area contributed by atoms with E-state index in [1.54, 1.807) is 0 Å². The molecule has 2 heterocycles. The molecule has 3 unspecified atom stereocenters. The van der Waals surface area contributed by atoms with Crippen molar-refractivity contribution in [1.29, 1.82) is 0 Å². The molecule has 4 heteroatoms. The van der Waals surface area contributed by atoms with Crippen molar-refractivity contribution < 1.29 is 4.74 Å². The molecule has 0 radical (unpaired) electrons. The van der Waals surface area contributed by atoms with Gasteiger partial charge in [-0.3, -0.25) is 0 Å². The summed E-state index contributed by atoms with van der Waals surface area (Å²) >= 11 is 0. The second kappa shape index (κ2) is 5.47. The first-order valence-corrected chi connectivity index (χ1v) is 7.35. The summed E-state index contributed by atoms with van der Waals surface area (Å²) in [6.07, 6.45) is 7.33. The Balaban J connectivity index is 1.79. The lowest BCUT2D eigenvalue weighted by Crippen LogP contribution is -2.53. The zero-order valence-electron chi connectivity index (χ0n) is 11.6. The van der Waals surface area contributed by atoms with E-state index in [2.05, 4.69) is 22.0 Å². The van der Waals surface area contributed by atoms with Crippen LogP contribution in [0.4, 0.5) is 5.82 Å². The summed E-state index contributed by atoms with van der Waals surface area (Å²) < 4.78 is 5.91. The van der Waals surface area contributed by atoms with Gasteiger partial charge < -0.3 is 15.4 Å². The van der Waals surface area contributed by atoms with Crippen LogP contribution >= 0.6 is 0 Å². The largest absolute Gasteiger partial charge is 0.374 e. The van der Waals surface area contributed by atoms with Gasteiger partial charge in [-0.05, 0) is 31.4 Å². The Bertz CT molecular complexity index is 416. The summed E-state index contributed by atoms with van der Waals surface area (Å²) in [6.45, 7) is 3.76. The zero-order valence-corrected chi connectivity index (χ0v) is 11.6. The van der Waals surface area contributed by atoms with Crippen molar-refractivity contribution in [3.05, 3.63) is 23.9 Å². The van der Waals surface area contributed by atoms with Crippen LogP contribution in [0.2, 0.25) is 0 Å². The molecule has 1 aliphatic heterocycles. The molecule has 4 nitrogen and oxygen atoms in total. The van der Waals surface area contributed by atoms with Crippen LogP contribution in [0.25, 0.3) is 0 Å². The van der Waals surface area contributed by atoms with Gasteiger partial charge in [0, 0.05) is 18.8 Å². The molecule has 1 aromatic heterocycles. The minimum Gasteiger partial charge on any atom is -0.374 e. The third-order valence-electron chi connectivity index (χ3n) is 4.32. The summed E-state index contributed by atoms with van der Waals surface area (Å²) in [7, 11) is 0. The number of hydrogen-bond donors (Lipinski definition) is 1. The first-order chi connectivity index (χ1) is 9.25. The molecule has 0 bridgehead atoms. The summed E-state index contributed by atoms with van der Waals surface area (Å²) in [4.78, 5) is 7.03. The number of nitrogens with two attached hydrogens (primary N) is 1. The number of nitrogens with zero attached hydrogens (tertiary/aromatic N) is 2. The molecule has 3 rings (SSSR count). The van der Waals surface area contributed by atoms with Crippen LogP contribution in [0.15, 0.2) is 18.3 Å². The third-order valence-corrected chi connectivity index (χ3v) is 4.32. The smallest absolute Gasteiger partial charge is 0.128 e. The molecule has 0 amide bonds. The van der Waals surface area contributed by atoms with Crippen molar-refractivity contribution in [3.8, 4) is 0 Å². The molecule has 1 saturated carbocycles. The molecule has 104 valence electrons. The average molecular weight is 261 g/mol. The molecule has 19 heavy (non-hydrogen) atoms. The Hall–Kier alpha value is -1.13. The minimum atomic E-state index is 0.0497. The highest BCUT2D eigenvalue weighted by molar-refractivity contribution is 5.42. The van der Waals surface area contributed by atoms with Crippen molar-refractivity contribution in [2.24, 2.45) is 5.73 Å². The molecule has 1 aliphatic carbocycles. The molecule has 2 aliphatic rings. The number of pyridine rings is 1. The van der Waals surface area contributed by atoms with Gasteiger partial charge >= 0.3 is 0 Å². The van der Waals surface area contributed by atoms with Crippen molar-refractivity contribution in [3.63, 3.8) is 0 Å². The lowest BCUT2D eigenvalue weighted by atomic mass is 9.90. The number of fused-ring (bicyclic) bond motifs is 1. The lowest BCUT2D eigenvalue weighted by Gasteiger charge is -2.44. The van der Waals surface area contributed by atoms with Crippen LogP contribution in [0, 0.1) is 0 Å². The number of morpholine rings is 1. The monoisotopic (exact) mass is 261 g/mol. The van der Waals surface area contributed by atoms with E-state index in [9.17, 15) is 0 Å². The molecule has 1 saturated heterocycles. The van der Waals surface area contributed by atoms with Gasteiger partial charge in [0.05, 0.1) is 18.8 Å². The van der Waals surface area contributed by atoms with E-state index < -0.39 is 0 Å².